The number of fused-ring (bicyclic) bond motifs is 5. The highest BCUT2D eigenvalue weighted by Crippen LogP contribution is 2.30. The zero-order chi connectivity index (χ0) is 13.7. The molecule has 1 N–H and O–H groups in total. The molecule has 0 fully saturated rings. The Morgan fingerprint density at radius 2 is 2.10 bits per heavy atom. The van der Waals surface area contributed by atoms with Gasteiger partial charge in [-0.05, 0) is 24.3 Å². The summed E-state index contributed by atoms with van der Waals surface area (Å²) in [6.45, 7) is 0. The van der Waals surface area contributed by atoms with Crippen LogP contribution in [0, 0.1) is 0 Å². The Kier molecular flexibility index (Phi) is 2.06. The lowest BCUT2D eigenvalue weighted by molar-refractivity contribution is 0.0699. The van der Waals surface area contributed by atoms with Gasteiger partial charge in [-0.25, -0.2) is 9.78 Å². The van der Waals surface area contributed by atoms with Crippen LogP contribution < -0.4 is 0 Å². The van der Waals surface area contributed by atoms with Gasteiger partial charge in [-0.1, -0.05) is 6.07 Å². The van der Waals surface area contributed by atoms with E-state index in [0.29, 0.717) is 10.9 Å². The van der Waals surface area contributed by atoms with Gasteiger partial charge in [-0.3, -0.25) is 9.38 Å². The molecule has 0 saturated carbocycles. The Morgan fingerprint density at radius 3 is 2.95 bits per heavy atom. The Bertz CT molecular complexity index is 942. The summed E-state index contributed by atoms with van der Waals surface area (Å²) >= 11 is 0. The van der Waals surface area contributed by atoms with Crippen molar-refractivity contribution in [3.05, 3.63) is 54.6 Å². The minimum atomic E-state index is -0.930. The van der Waals surface area contributed by atoms with Crippen LogP contribution in [0.15, 0.2) is 49.1 Å². The minimum Gasteiger partial charge on any atom is -0.478 e. The van der Waals surface area contributed by atoms with Gasteiger partial charge in [0.15, 0.2) is 0 Å². The van der Waals surface area contributed by atoms with Crippen LogP contribution in [0.3, 0.4) is 0 Å². The maximum atomic E-state index is 11.3. The first-order valence-electron chi connectivity index (χ1n) is 6.11. The average molecular weight is 263 g/mol. The van der Waals surface area contributed by atoms with Crippen molar-refractivity contribution < 1.29 is 9.90 Å². The number of benzene rings is 1. The lowest BCUT2D eigenvalue weighted by Gasteiger charge is -1.97. The van der Waals surface area contributed by atoms with Crippen LogP contribution >= 0.6 is 0 Å². The van der Waals surface area contributed by atoms with Crippen molar-refractivity contribution in [3.8, 4) is 11.3 Å². The van der Waals surface area contributed by atoms with E-state index < -0.39 is 5.97 Å². The second kappa shape index (κ2) is 3.77. The van der Waals surface area contributed by atoms with Gasteiger partial charge in [0, 0.05) is 17.1 Å². The Labute approximate surface area is 113 Å². The van der Waals surface area contributed by atoms with Crippen molar-refractivity contribution in [2.75, 3.05) is 0 Å². The predicted molar refractivity (Wildman–Crippen MR) is 74.1 cm³/mol. The molecule has 5 heteroatoms. The van der Waals surface area contributed by atoms with E-state index in [-0.39, 0.29) is 0 Å². The van der Waals surface area contributed by atoms with Crippen molar-refractivity contribution >= 4 is 22.4 Å². The summed E-state index contributed by atoms with van der Waals surface area (Å²) in [5.41, 5.74) is 3.76. The molecule has 0 unspecified atom stereocenters. The van der Waals surface area contributed by atoms with Gasteiger partial charge >= 0.3 is 5.97 Å². The van der Waals surface area contributed by atoms with Crippen molar-refractivity contribution in [3.63, 3.8) is 0 Å². The van der Waals surface area contributed by atoms with E-state index in [1.807, 2.05) is 22.6 Å². The molecule has 1 aromatic carbocycles. The third-order valence-corrected chi connectivity index (χ3v) is 3.50. The topological polar surface area (TPSA) is 67.5 Å². The molecule has 0 bridgehead atoms. The second-order valence-electron chi connectivity index (χ2n) is 4.58. The predicted octanol–water partition coefficient (Wildman–Crippen LogP) is 2.69. The first-order valence-corrected chi connectivity index (χ1v) is 6.11. The fourth-order valence-corrected chi connectivity index (χ4v) is 2.61. The summed E-state index contributed by atoms with van der Waals surface area (Å²) < 4.78 is 1.89. The monoisotopic (exact) mass is 263 g/mol. The van der Waals surface area contributed by atoms with E-state index >= 15 is 0 Å². The third-order valence-electron chi connectivity index (χ3n) is 3.50. The lowest BCUT2D eigenvalue weighted by atomic mass is 10.1. The molecule has 4 rings (SSSR count). The van der Waals surface area contributed by atoms with E-state index in [2.05, 4.69) is 9.97 Å². The number of aromatic carboxylic acids is 1. The molecule has 96 valence electrons. The summed E-state index contributed by atoms with van der Waals surface area (Å²) in [7, 11) is 0. The van der Waals surface area contributed by atoms with Gasteiger partial charge in [0.2, 0.25) is 0 Å². The fourth-order valence-electron chi connectivity index (χ4n) is 2.61. The highest BCUT2D eigenvalue weighted by molar-refractivity contribution is 6.06. The van der Waals surface area contributed by atoms with Gasteiger partial charge in [0.1, 0.15) is 0 Å². The van der Waals surface area contributed by atoms with Crippen molar-refractivity contribution in [1.29, 1.82) is 0 Å². The van der Waals surface area contributed by atoms with Crippen LogP contribution in [0.5, 0.6) is 0 Å². The summed E-state index contributed by atoms with van der Waals surface area (Å²) in [5, 5.41) is 10.00. The van der Waals surface area contributed by atoms with Crippen molar-refractivity contribution in [1.82, 2.24) is 14.4 Å². The van der Waals surface area contributed by atoms with Gasteiger partial charge in [0.25, 0.3) is 0 Å². The number of carbonyl (C=O) groups is 1. The Hall–Kier alpha value is -2.95. The maximum absolute atomic E-state index is 11.3. The van der Waals surface area contributed by atoms with Gasteiger partial charge < -0.3 is 5.11 Å². The van der Waals surface area contributed by atoms with Crippen LogP contribution in [0.1, 0.15) is 10.4 Å². The van der Waals surface area contributed by atoms with Crippen LogP contribution in [0.2, 0.25) is 0 Å². The smallest absolute Gasteiger partial charge is 0.336 e. The molecule has 1 aromatic heterocycles. The lowest BCUT2D eigenvalue weighted by Crippen LogP contribution is -1.96. The Balaban J connectivity index is 2.25. The molecular weight excluding hydrogens is 254 g/mol. The number of rotatable bonds is 1. The van der Waals surface area contributed by atoms with Crippen LogP contribution in [-0.2, 0) is 0 Å². The van der Waals surface area contributed by atoms with E-state index in [1.165, 1.54) is 0 Å². The fraction of sp³-hybridized carbons (Fsp3) is 0. The van der Waals surface area contributed by atoms with E-state index in [0.717, 1.165) is 22.3 Å². The zero-order valence-corrected chi connectivity index (χ0v) is 10.3. The summed E-state index contributed by atoms with van der Waals surface area (Å²) in [5.74, 6) is -0.930. The number of hydrogen-bond acceptors (Lipinski definition) is 3. The molecule has 5 nitrogen and oxygen atoms in total. The van der Waals surface area contributed by atoms with E-state index in [9.17, 15) is 9.90 Å². The van der Waals surface area contributed by atoms with E-state index in [4.69, 9.17) is 0 Å². The molecule has 0 saturated heterocycles. The van der Waals surface area contributed by atoms with Gasteiger partial charge in [-0.2, -0.15) is 0 Å². The molecule has 0 amide bonds. The number of hydrogen-bond donors (Lipinski definition) is 1. The average Bonchev–Trinajstić information content (AvgIpc) is 3.00. The second-order valence-corrected chi connectivity index (χ2v) is 4.58. The number of nitrogens with zero attached hydrogens (tertiary/aromatic N) is 3. The highest BCUT2D eigenvalue weighted by atomic mass is 16.4. The van der Waals surface area contributed by atoms with Crippen molar-refractivity contribution in [2.45, 2.75) is 0 Å². The molecule has 0 aliphatic carbocycles. The number of aromatic nitrogens is 3. The standard InChI is InChI=1S/C15H9N3O2/c19-15(20)9-2-1-3-13-11(9)6-14-10-4-5-17-12(10)7-16-8-18(13)14/h1-8H,(H,19,20). The van der Waals surface area contributed by atoms with Gasteiger partial charge in [-0.15, -0.1) is 0 Å². The SMILES string of the molecule is O=C(O)c1cccc2c1cc1c3ccnc-3cncn12. The quantitative estimate of drug-likeness (QED) is 0.573. The highest BCUT2D eigenvalue weighted by Gasteiger charge is 2.15. The molecule has 20 heavy (non-hydrogen) atoms. The Morgan fingerprint density at radius 1 is 1.20 bits per heavy atom. The summed E-state index contributed by atoms with van der Waals surface area (Å²) in [6, 6.07) is 9.03. The summed E-state index contributed by atoms with van der Waals surface area (Å²) in [6.07, 6.45) is 5.11. The molecule has 3 heterocycles. The first kappa shape index (κ1) is 10.9. The van der Waals surface area contributed by atoms with E-state index in [1.54, 1.807) is 30.9 Å². The normalized spacial score (nSPS) is 11.4. The van der Waals surface area contributed by atoms with Crippen LogP contribution in [0.4, 0.5) is 0 Å². The molecular formula is C15H9N3O2. The molecule has 2 aromatic rings. The third kappa shape index (κ3) is 1.34. The molecule has 0 atom stereocenters. The molecule has 0 spiro atoms. The molecule has 2 aliphatic heterocycles. The maximum Gasteiger partial charge on any atom is 0.336 e. The first-order chi connectivity index (χ1) is 9.75. The van der Waals surface area contributed by atoms with Crippen LogP contribution in [0.25, 0.3) is 27.7 Å². The van der Waals surface area contributed by atoms with Gasteiger partial charge in [0.05, 0.1) is 34.8 Å². The zero-order valence-electron chi connectivity index (χ0n) is 10.3. The molecule has 0 radical (unpaired) electrons. The number of carboxylic acid groups (broad SMARTS) is 1. The van der Waals surface area contributed by atoms with Crippen LogP contribution in [-0.4, -0.2) is 25.4 Å². The number of carboxylic acids is 1. The van der Waals surface area contributed by atoms with Crippen molar-refractivity contribution in [2.24, 2.45) is 0 Å². The molecule has 2 aliphatic rings. The largest absolute Gasteiger partial charge is 0.478 e. The minimum absolute atomic E-state index is 0.293. The summed E-state index contributed by atoms with van der Waals surface area (Å²) in [4.78, 5) is 19.8.